The molecule has 0 saturated carbocycles. The summed E-state index contributed by atoms with van der Waals surface area (Å²) in [5.41, 5.74) is 1.07. The standard InChI is InChI=1S/C14H20N4OS/c1-4-9-15-10(2)11-5-7-12(8-6-11)20-14-17-16-13(19)18(14)3/h5-8,10,15H,4,9H2,1-3H3,(H,16,19). The molecular formula is C14H20N4OS. The molecule has 2 aromatic rings. The largest absolute Gasteiger partial charge is 0.343 e. The Morgan fingerprint density at radius 2 is 2.10 bits per heavy atom. The lowest BCUT2D eigenvalue weighted by atomic mass is 10.1. The van der Waals surface area contributed by atoms with Crippen LogP contribution in [0.25, 0.3) is 0 Å². The highest BCUT2D eigenvalue weighted by Crippen LogP contribution is 2.25. The molecule has 0 aliphatic heterocycles. The first-order chi connectivity index (χ1) is 9.61. The molecule has 1 unspecified atom stereocenters. The first-order valence-electron chi connectivity index (χ1n) is 6.74. The van der Waals surface area contributed by atoms with Gasteiger partial charge in [-0.05, 0) is 49.3 Å². The van der Waals surface area contributed by atoms with E-state index in [1.54, 1.807) is 7.05 Å². The Morgan fingerprint density at radius 3 is 2.65 bits per heavy atom. The van der Waals surface area contributed by atoms with Crippen LogP contribution in [0, 0.1) is 0 Å². The Balaban J connectivity index is 2.05. The summed E-state index contributed by atoms with van der Waals surface area (Å²) in [4.78, 5) is 12.4. The molecule has 1 atom stereocenters. The Bertz CT molecular complexity index is 602. The van der Waals surface area contributed by atoms with Crippen molar-refractivity contribution in [2.24, 2.45) is 7.05 Å². The minimum Gasteiger partial charge on any atom is -0.310 e. The second kappa shape index (κ2) is 6.76. The van der Waals surface area contributed by atoms with Gasteiger partial charge in [0.2, 0.25) is 0 Å². The maximum Gasteiger partial charge on any atom is 0.343 e. The van der Waals surface area contributed by atoms with Crippen molar-refractivity contribution in [1.29, 1.82) is 0 Å². The van der Waals surface area contributed by atoms with Gasteiger partial charge in [-0.1, -0.05) is 19.1 Å². The molecule has 0 aliphatic rings. The predicted molar refractivity (Wildman–Crippen MR) is 81.1 cm³/mol. The maximum atomic E-state index is 11.3. The zero-order valence-electron chi connectivity index (χ0n) is 12.0. The van der Waals surface area contributed by atoms with Crippen LogP contribution in [0.15, 0.2) is 39.1 Å². The van der Waals surface area contributed by atoms with Crippen molar-refractivity contribution in [1.82, 2.24) is 20.1 Å². The zero-order chi connectivity index (χ0) is 14.5. The molecule has 108 valence electrons. The van der Waals surface area contributed by atoms with Crippen molar-refractivity contribution in [2.45, 2.75) is 36.4 Å². The van der Waals surface area contributed by atoms with Crippen LogP contribution in [0.5, 0.6) is 0 Å². The average Bonchev–Trinajstić information content (AvgIpc) is 2.77. The van der Waals surface area contributed by atoms with Crippen LogP contribution in [-0.4, -0.2) is 21.3 Å². The summed E-state index contributed by atoms with van der Waals surface area (Å²) >= 11 is 1.47. The van der Waals surface area contributed by atoms with Crippen LogP contribution in [0.2, 0.25) is 0 Å². The molecule has 1 heterocycles. The van der Waals surface area contributed by atoms with Crippen LogP contribution in [0.1, 0.15) is 31.9 Å². The van der Waals surface area contributed by atoms with Gasteiger partial charge < -0.3 is 5.32 Å². The van der Waals surface area contributed by atoms with E-state index in [4.69, 9.17) is 0 Å². The Morgan fingerprint density at radius 1 is 1.40 bits per heavy atom. The maximum absolute atomic E-state index is 11.3. The second-order valence-electron chi connectivity index (χ2n) is 4.72. The minimum absolute atomic E-state index is 0.193. The van der Waals surface area contributed by atoms with E-state index in [0.29, 0.717) is 11.2 Å². The summed E-state index contributed by atoms with van der Waals surface area (Å²) in [6.45, 7) is 5.34. The summed E-state index contributed by atoms with van der Waals surface area (Å²) in [6.07, 6.45) is 1.13. The summed E-state index contributed by atoms with van der Waals surface area (Å²) in [5, 5.41) is 10.5. The molecule has 1 aromatic carbocycles. The van der Waals surface area contributed by atoms with E-state index in [1.807, 2.05) is 0 Å². The molecule has 1 aromatic heterocycles. The first kappa shape index (κ1) is 14.9. The van der Waals surface area contributed by atoms with Gasteiger partial charge >= 0.3 is 5.69 Å². The first-order valence-corrected chi connectivity index (χ1v) is 7.56. The molecule has 20 heavy (non-hydrogen) atoms. The van der Waals surface area contributed by atoms with E-state index in [-0.39, 0.29) is 5.69 Å². The van der Waals surface area contributed by atoms with Gasteiger partial charge in [0.25, 0.3) is 0 Å². The summed E-state index contributed by atoms with van der Waals surface area (Å²) in [5.74, 6) is 0. The third-order valence-corrected chi connectivity index (χ3v) is 4.18. The van der Waals surface area contributed by atoms with Crippen molar-refractivity contribution >= 4 is 11.8 Å². The van der Waals surface area contributed by atoms with Crippen LogP contribution < -0.4 is 11.0 Å². The number of aromatic nitrogens is 3. The van der Waals surface area contributed by atoms with Crippen LogP contribution in [0.3, 0.4) is 0 Å². The van der Waals surface area contributed by atoms with Gasteiger partial charge in [-0.3, -0.25) is 4.57 Å². The highest BCUT2D eigenvalue weighted by atomic mass is 32.2. The van der Waals surface area contributed by atoms with Gasteiger partial charge in [-0.25, -0.2) is 9.89 Å². The molecule has 5 nitrogen and oxygen atoms in total. The Labute approximate surface area is 122 Å². The van der Waals surface area contributed by atoms with E-state index in [9.17, 15) is 4.79 Å². The Kier molecular flexibility index (Phi) is 5.03. The number of rotatable bonds is 6. The summed E-state index contributed by atoms with van der Waals surface area (Å²) < 4.78 is 1.50. The van der Waals surface area contributed by atoms with E-state index >= 15 is 0 Å². The van der Waals surface area contributed by atoms with Crippen molar-refractivity contribution < 1.29 is 0 Å². The monoisotopic (exact) mass is 292 g/mol. The van der Waals surface area contributed by atoms with Gasteiger partial charge in [0.15, 0.2) is 5.16 Å². The van der Waals surface area contributed by atoms with E-state index in [2.05, 4.69) is 53.6 Å². The van der Waals surface area contributed by atoms with Crippen molar-refractivity contribution in [2.75, 3.05) is 6.54 Å². The average molecular weight is 292 g/mol. The molecule has 0 amide bonds. The normalized spacial score (nSPS) is 12.6. The number of nitrogens with one attached hydrogen (secondary N) is 2. The SMILES string of the molecule is CCCNC(C)c1ccc(Sc2n[nH]c(=O)n2C)cc1. The summed E-state index contributed by atoms with van der Waals surface area (Å²) in [7, 11) is 1.71. The van der Waals surface area contributed by atoms with Crippen molar-refractivity contribution in [3.8, 4) is 0 Å². The highest BCUT2D eigenvalue weighted by molar-refractivity contribution is 7.99. The lowest BCUT2D eigenvalue weighted by Gasteiger charge is -2.13. The van der Waals surface area contributed by atoms with E-state index in [0.717, 1.165) is 17.9 Å². The predicted octanol–water partition coefficient (Wildman–Crippen LogP) is 2.32. The number of hydrogen-bond donors (Lipinski definition) is 2. The number of hydrogen-bond acceptors (Lipinski definition) is 4. The van der Waals surface area contributed by atoms with Crippen molar-refractivity contribution in [3.05, 3.63) is 40.3 Å². The van der Waals surface area contributed by atoms with Crippen LogP contribution >= 0.6 is 11.8 Å². The van der Waals surface area contributed by atoms with Gasteiger partial charge in [0.1, 0.15) is 0 Å². The second-order valence-corrected chi connectivity index (χ2v) is 5.76. The van der Waals surface area contributed by atoms with E-state index < -0.39 is 0 Å². The smallest absolute Gasteiger partial charge is 0.310 e. The number of H-pyrrole nitrogens is 1. The lowest BCUT2D eigenvalue weighted by molar-refractivity contribution is 0.570. The molecule has 0 fully saturated rings. The fraction of sp³-hybridized carbons (Fsp3) is 0.429. The van der Waals surface area contributed by atoms with Gasteiger partial charge in [0, 0.05) is 18.0 Å². The fourth-order valence-corrected chi connectivity index (χ4v) is 2.63. The van der Waals surface area contributed by atoms with Crippen LogP contribution in [0.4, 0.5) is 0 Å². The minimum atomic E-state index is -0.193. The van der Waals surface area contributed by atoms with E-state index in [1.165, 1.54) is 21.9 Å². The summed E-state index contributed by atoms with van der Waals surface area (Å²) in [6, 6.07) is 8.69. The third-order valence-electron chi connectivity index (χ3n) is 3.13. The number of benzene rings is 1. The molecule has 0 aliphatic carbocycles. The number of aromatic amines is 1. The van der Waals surface area contributed by atoms with Crippen LogP contribution in [-0.2, 0) is 7.05 Å². The molecule has 0 radical (unpaired) electrons. The van der Waals surface area contributed by atoms with Crippen molar-refractivity contribution in [3.63, 3.8) is 0 Å². The molecule has 2 N–H and O–H groups in total. The molecular weight excluding hydrogens is 272 g/mol. The molecule has 0 saturated heterocycles. The quantitative estimate of drug-likeness (QED) is 0.857. The third kappa shape index (κ3) is 3.52. The van der Waals surface area contributed by atoms with Gasteiger partial charge in [0.05, 0.1) is 0 Å². The van der Waals surface area contributed by atoms with Gasteiger partial charge in [-0.15, -0.1) is 5.10 Å². The molecule has 6 heteroatoms. The topological polar surface area (TPSA) is 62.7 Å². The zero-order valence-corrected chi connectivity index (χ0v) is 12.8. The highest BCUT2D eigenvalue weighted by Gasteiger charge is 2.08. The lowest BCUT2D eigenvalue weighted by Crippen LogP contribution is -2.19. The molecule has 0 spiro atoms. The molecule has 0 bridgehead atoms. The number of nitrogens with zero attached hydrogens (tertiary/aromatic N) is 2. The fourth-order valence-electron chi connectivity index (χ4n) is 1.83. The Hall–Kier alpha value is -1.53. The van der Waals surface area contributed by atoms with Gasteiger partial charge in [-0.2, -0.15) is 0 Å². The molecule has 2 rings (SSSR count).